The molecule has 1 rings (SSSR count). The molecular formula is C18H33IN4. The van der Waals surface area contributed by atoms with Gasteiger partial charge in [-0.05, 0) is 76.0 Å². The summed E-state index contributed by atoms with van der Waals surface area (Å²) in [7, 11) is 0. The van der Waals surface area contributed by atoms with E-state index in [9.17, 15) is 0 Å². The first-order valence-corrected chi connectivity index (χ1v) is 8.43. The molecule has 0 aliphatic rings. The van der Waals surface area contributed by atoms with E-state index in [2.05, 4.69) is 55.0 Å². The number of benzene rings is 1. The van der Waals surface area contributed by atoms with Crippen LogP contribution in [-0.4, -0.2) is 37.0 Å². The second-order valence-electron chi connectivity index (χ2n) is 5.89. The number of nitrogens with two attached hydrogens (primary N) is 1. The first-order chi connectivity index (χ1) is 10.6. The first-order valence-electron chi connectivity index (χ1n) is 8.43. The molecule has 0 bridgehead atoms. The minimum Gasteiger partial charge on any atom is -0.370 e. The van der Waals surface area contributed by atoms with Crippen molar-refractivity contribution in [2.75, 3.05) is 31.5 Å². The average molecular weight is 432 g/mol. The number of anilines is 1. The predicted octanol–water partition coefficient (Wildman–Crippen LogP) is 4.16. The van der Waals surface area contributed by atoms with Crippen LogP contribution < -0.4 is 11.1 Å². The molecule has 0 unspecified atom stereocenters. The van der Waals surface area contributed by atoms with Gasteiger partial charge >= 0.3 is 0 Å². The van der Waals surface area contributed by atoms with Crippen molar-refractivity contribution in [2.24, 2.45) is 10.7 Å². The number of hydrogen-bond acceptors (Lipinski definition) is 2. The molecule has 0 heterocycles. The van der Waals surface area contributed by atoms with Gasteiger partial charge in [0, 0.05) is 12.2 Å². The van der Waals surface area contributed by atoms with E-state index < -0.39 is 0 Å². The third-order valence-corrected chi connectivity index (χ3v) is 3.77. The maximum Gasteiger partial charge on any atom is 0.193 e. The highest BCUT2D eigenvalue weighted by Gasteiger charge is 2.02. The number of nitrogens with zero attached hydrogens (tertiary/aromatic N) is 2. The molecule has 0 spiro atoms. The van der Waals surface area contributed by atoms with Crippen molar-refractivity contribution < 1.29 is 0 Å². The van der Waals surface area contributed by atoms with Gasteiger partial charge in [0.25, 0.3) is 0 Å². The molecule has 1 aromatic carbocycles. The van der Waals surface area contributed by atoms with Crippen molar-refractivity contribution in [3.8, 4) is 0 Å². The number of nitrogens with one attached hydrogen (secondary N) is 1. The van der Waals surface area contributed by atoms with Crippen LogP contribution in [0, 0.1) is 13.8 Å². The summed E-state index contributed by atoms with van der Waals surface area (Å²) in [5.41, 5.74) is 9.50. The van der Waals surface area contributed by atoms with E-state index in [-0.39, 0.29) is 24.0 Å². The molecule has 0 aliphatic heterocycles. The Morgan fingerprint density at radius 2 is 1.74 bits per heavy atom. The molecule has 1 aromatic rings. The molecule has 0 radical (unpaired) electrons. The van der Waals surface area contributed by atoms with Crippen LogP contribution in [0.15, 0.2) is 23.2 Å². The lowest BCUT2D eigenvalue weighted by atomic mass is 10.1. The molecule has 23 heavy (non-hydrogen) atoms. The Kier molecular flexibility index (Phi) is 12.1. The second-order valence-corrected chi connectivity index (χ2v) is 5.89. The predicted molar refractivity (Wildman–Crippen MR) is 113 cm³/mol. The molecule has 0 fully saturated rings. The van der Waals surface area contributed by atoms with E-state index >= 15 is 0 Å². The molecule has 132 valence electrons. The molecule has 5 heteroatoms. The zero-order chi connectivity index (χ0) is 16.4. The fourth-order valence-corrected chi connectivity index (χ4v) is 2.47. The Morgan fingerprint density at radius 3 is 2.30 bits per heavy atom. The average Bonchev–Trinajstić information content (AvgIpc) is 2.48. The Bertz CT molecular complexity index is 468. The van der Waals surface area contributed by atoms with E-state index in [0.717, 1.165) is 25.2 Å². The van der Waals surface area contributed by atoms with Crippen LogP contribution in [-0.2, 0) is 0 Å². The van der Waals surface area contributed by atoms with Crippen molar-refractivity contribution in [1.29, 1.82) is 0 Å². The topological polar surface area (TPSA) is 53.6 Å². The van der Waals surface area contributed by atoms with Crippen LogP contribution >= 0.6 is 24.0 Å². The summed E-state index contributed by atoms with van der Waals surface area (Å²) in [6, 6.07) is 6.23. The Balaban J connectivity index is 0.00000484. The van der Waals surface area contributed by atoms with Gasteiger partial charge in [-0.2, -0.15) is 0 Å². The lowest BCUT2D eigenvalue weighted by Gasteiger charge is -2.20. The SMILES string of the molecule is CCCN(CCC)CCCN=C(N)Nc1ccc(C)c(C)c1.I. The summed E-state index contributed by atoms with van der Waals surface area (Å²) in [4.78, 5) is 6.92. The van der Waals surface area contributed by atoms with Gasteiger partial charge in [-0.3, -0.25) is 4.99 Å². The van der Waals surface area contributed by atoms with E-state index in [1.54, 1.807) is 0 Å². The maximum absolute atomic E-state index is 5.95. The van der Waals surface area contributed by atoms with Crippen molar-refractivity contribution in [1.82, 2.24) is 4.90 Å². The van der Waals surface area contributed by atoms with Gasteiger partial charge < -0.3 is 16.0 Å². The third-order valence-electron chi connectivity index (χ3n) is 3.77. The lowest BCUT2D eigenvalue weighted by molar-refractivity contribution is 0.273. The summed E-state index contributed by atoms with van der Waals surface area (Å²) in [6.45, 7) is 12.9. The third kappa shape index (κ3) is 9.15. The first kappa shape index (κ1) is 22.2. The van der Waals surface area contributed by atoms with E-state index in [4.69, 9.17) is 5.73 Å². The van der Waals surface area contributed by atoms with Crippen molar-refractivity contribution in [3.63, 3.8) is 0 Å². The molecule has 3 N–H and O–H groups in total. The molecule has 0 saturated heterocycles. The summed E-state index contributed by atoms with van der Waals surface area (Å²) < 4.78 is 0. The van der Waals surface area contributed by atoms with Gasteiger partial charge in [-0.1, -0.05) is 19.9 Å². The van der Waals surface area contributed by atoms with Crippen LogP contribution in [0.25, 0.3) is 0 Å². The minimum atomic E-state index is 0. The van der Waals surface area contributed by atoms with Gasteiger partial charge in [-0.25, -0.2) is 0 Å². The molecule has 4 nitrogen and oxygen atoms in total. The van der Waals surface area contributed by atoms with Gasteiger partial charge in [-0.15, -0.1) is 24.0 Å². The number of guanidine groups is 1. The largest absolute Gasteiger partial charge is 0.370 e. The fourth-order valence-electron chi connectivity index (χ4n) is 2.47. The lowest BCUT2D eigenvalue weighted by Crippen LogP contribution is -2.27. The number of aryl methyl sites for hydroxylation is 2. The zero-order valence-electron chi connectivity index (χ0n) is 15.1. The van der Waals surface area contributed by atoms with Crippen molar-refractivity contribution in [3.05, 3.63) is 29.3 Å². The second kappa shape index (κ2) is 12.6. The number of aliphatic imine (C=N–C) groups is 1. The van der Waals surface area contributed by atoms with Crippen LogP contribution in [0.3, 0.4) is 0 Å². The van der Waals surface area contributed by atoms with Gasteiger partial charge in [0.1, 0.15) is 0 Å². The molecule has 0 saturated carbocycles. The van der Waals surface area contributed by atoms with E-state index in [0.29, 0.717) is 5.96 Å². The highest BCUT2D eigenvalue weighted by molar-refractivity contribution is 14.0. The molecular weight excluding hydrogens is 399 g/mol. The number of hydrogen-bond donors (Lipinski definition) is 2. The standard InChI is InChI=1S/C18H32N4.HI/c1-5-11-22(12-6-2)13-7-10-20-18(19)21-17-9-8-15(3)16(4)14-17;/h8-9,14H,5-7,10-13H2,1-4H3,(H3,19,20,21);1H. The highest BCUT2D eigenvalue weighted by Crippen LogP contribution is 2.13. The molecule has 0 aromatic heterocycles. The molecule has 0 aliphatic carbocycles. The zero-order valence-corrected chi connectivity index (χ0v) is 17.4. The normalized spacial score (nSPS) is 11.4. The maximum atomic E-state index is 5.95. The Labute approximate surface area is 158 Å². The number of halogens is 1. The Hall–Kier alpha value is -0.820. The van der Waals surface area contributed by atoms with Crippen LogP contribution in [0.1, 0.15) is 44.2 Å². The summed E-state index contributed by atoms with van der Waals surface area (Å²) in [5, 5.41) is 3.16. The van der Waals surface area contributed by atoms with Crippen LogP contribution in [0.2, 0.25) is 0 Å². The smallest absolute Gasteiger partial charge is 0.193 e. The van der Waals surface area contributed by atoms with Gasteiger partial charge in [0.15, 0.2) is 5.96 Å². The Morgan fingerprint density at radius 1 is 1.09 bits per heavy atom. The van der Waals surface area contributed by atoms with Crippen LogP contribution in [0.5, 0.6) is 0 Å². The van der Waals surface area contributed by atoms with Crippen molar-refractivity contribution in [2.45, 2.75) is 47.0 Å². The molecule has 0 atom stereocenters. The van der Waals surface area contributed by atoms with Gasteiger partial charge in [0.05, 0.1) is 0 Å². The highest BCUT2D eigenvalue weighted by atomic mass is 127. The summed E-state index contributed by atoms with van der Waals surface area (Å²) in [5.74, 6) is 0.501. The van der Waals surface area contributed by atoms with Gasteiger partial charge in [0.2, 0.25) is 0 Å². The monoisotopic (exact) mass is 432 g/mol. The number of rotatable bonds is 9. The van der Waals surface area contributed by atoms with Crippen molar-refractivity contribution >= 4 is 35.6 Å². The summed E-state index contributed by atoms with van der Waals surface area (Å²) >= 11 is 0. The quantitative estimate of drug-likeness (QED) is 0.267. The minimum absolute atomic E-state index is 0. The summed E-state index contributed by atoms with van der Waals surface area (Å²) in [6.07, 6.45) is 3.47. The van der Waals surface area contributed by atoms with E-state index in [1.165, 1.54) is 37.1 Å². The molecule has 0 amide bonds. The van der Waals surface area contributed by atoms with E-state index in [1.807, 2.05) is 6.07 Å². The van der Waals surface area contributed by atoms with Crippen LogP contribution in [0.4, 0.5) is 5.69 Å². The fraction of sp³-hybridized carbons (Fsp3) is 0.611.